The van der Waals surface area contributed by atoms with Crippen molar-refractivity contribution in [3.63, 3.8) is 0 Å². The van der Waals surface area contributed by atoms with Crippen LogP contribution in [-0.4, -0.2) is 59.0 Å². The van der Waals surface area contributed by atoms with E-state index in [1.807, 2.05) is 0 Å². The summed E-state index contributed by atoms with van der Waals surface area (Å²) in [5.41, 5.74) is 0.594. The van der Waals surface area contributed by atoms with Gasteiger partial charge in [-0.25, -0.2) is 4.68 Å². The Morgan fingerprint density at radius 1 is 1.03 bits per heavy atom. The minimum absolute atomic E-state index is 0.200. The molecule has 0 bridgehead atoms. The molecule has 1 saturated heterocycles. The summed E-state index contributed by atoms with van der Waals surface area (Å²) in [6.07, 6.45) is 2.95. The van der Waals surface area contributed by atoms with Gasteiger partial charge in [0.2, 0.25) is 5.91 Å². The van der Waals surface area contributed by atoms with E-state index in [1.165, 1.54) is 14.2 Å². The number of fused-ring (bicyclic) bond motifs is 1. The van der Waals surface area contributed by atoms with Gasteiger partial charge in [0.1, 0.15) is 12.1 Å². The number of benzene rings is 2. The number of amides is 2. The third-order valence-corrected chi connectivity index (χ3v) is 5.59. The van der Waals surface area contributed by atoms with E-state index in [4.69, 9.17) is 9.47 Å². The van der Waals surface area contributed by atoms with Crippen LogP contribution < -0.4 is 20.3 Å². The largest absolute Gasteiger partial charge is 0.493 e. The average Bonchev–Trinajstić information content (AvgIpc) is 2.85. The number of anilines is 1. The zero-order chi connectivity index (χ0) is 23.4. The predicted molar refractivity (Wildman–Crippen MR) is 122 cm³/mol. The van der Waals surface area contributed by atoms with Gasteiger partial charge in [-0.1, -0.05) is 17.3 Å². The van der Waals surface area contributed by atoms with Crippen molar-refractivity contribution in [2.75, 3.05) is 32.6 Å². The SMILES string of the molecule is COc1cc(NC(=O)Cn2nnc3ccccc3c2=O)c(C(=O)N2CCCCC2)cc1OC. The summed E-state index contributed by atoms with van der Waals surface area (Å²) in [6.45, 7) is 0.952. The highest BCUT2D eigenvalue weighted by Crippen LogP contribution is 2.34. The molecular formula is C23H25N5O5. The number of nitrogens with zero attached hydrogens (tertiary/aromatic N) is 4. The molecule has 1 fully saturated rings. The lowest BCUT2D eigenvalue weighted by molar-refractivity contribution is -0.117. The topological polar surface area (TPSA) is 116 Å². The van der Waals surface area contributed by atoms with E-state index in [1.54, 1.807) is 41.3 Å². The number of carbonyl (C=O) groups excluding carboxylic acids is 2. The predicted octanol–water partition coefficient (Wildman–Crippen LogP) is 2.07. The Labute approximate surface area is 190 Å². The quantitative estimate of drug-likeness (QED) is 0.610. The smallest absolute Gasteiger partial charge is 0.278 e. The lowest BCUT2D eigenvalue weighted by Gasteiger charge is -2.28. The molecule has 0 radical (unpaired) electrons. The number of likely N-dealkylation sites (tertiary alicyclic amines) is 1. The molecule has 2 amide bonds. The molecule has 1 aromatic heterocycles. The van der Waals surface area contributed by atoms with Crippen LogP contribution in [0, 0.1) is 0 Å². The van der Waals surface area contributed by atoms with E-state index >= 15 is 0 Å². The number of rotatable bonds is 6. The second kappa shape index (κ2) is 9.68. The van der Waals surface area contributed by atoms with Gasteiger partial charge in [-0.05, 0) is 37.5 Å². The lowest BCUT2D eigenvalue weighted by atomic mass is 10.1. The third kappa shape index (κ3) is 4.64. The molecule has 10 heteroatoms. The number of methoxy groups -OCH3 is 2. The zero-order valence-corrected chi connectivity index (χ0v) is 18.5. The number of carbonyl (C=O) groups is 2. The molecule has 2 aromatic carbocycles. The number of nitrogens with one attached hydrogen (secondary N) is 1. The number of ether oxygens (including phenoxy) is 2. The van der Waals surface area contributed by atoms with Gasteiger partial charge < -0.3 is 19.7 Å². The molecule has 10 nitrogen and oxygen atoms in total. The van der Waals surface area contributed by atoms with Crippen LogP contribution >= 0.6 is 0 Å². The normalized spacial score (nSPS) is 13.6. The van der Waals surface area contributed by atoms with Crippen LogP contribution in [0.3, 0.4) is 0 Å². The molecule has 0 atom stereocenters. The van der Waals surface area contributed by atoms with Gasteiger partial charge in [0, 0.05) is 19.2 Å². The van der Waals surface area contributed by atoms with Crippen LogP contribution in [0.2, 0.25) is 0 Å². The van der Waals surface area contributed by atoms with E-state index in [9.17, 15) is 14.4 Å². The van der Waals surface area contributed by atoms with Crippen molar-refractivity contribution in [2.45, 2.75) is 25.8 Å². The van der Waals surface area contributed by atoms with Crippen LogP contribution in [0.1, 0.15) is 29.6 Å². The van der Waals surface area contributed by atoms with Crippen LogP contribution in [0.4, 0.5) is 5.69 Å². The van der Waals surface area contributed by atoms with Crippen molar-refractivity contribution in [1.29, 1.82) is 0 Å². The molecule has 1 N–H and O–H groups in total. The van der Waals surface area contributed by atoms with E-state index in [0.29, 0.717) is 41.1 Å². The van der Waals surface area contributed by atoms with Gasteiger partial charge in [-0.3, -0.25) is 14.4 Å². The van der Waals surface area contributed by atoms with Crippen LogP contribution in [-0.2, 0) is 11.3 Å². The van der Waals surface area contributed by atoms with Crippen LogP contribution in [0.15, 0.2) is 41.2 Å². The number of aromatic nitrogens is 3. The Kier molecular flexibility index (Phi) is 6.53. The minimum Gasteiger partial charge on any atom is -0.493 e. The van der Waals surface area contributed by atoms with Crippen molar-refractivity contribution in [1.82, 2.24) is 19.9 Å². The van der Waals surface area contributed by atoms with Crippen molar-refractivity contribution < 1.29 is 19.1 Å². The average molecular weight is 451 g/mol. The zero-order valence-electron chi connectivity index (χ0n) is 18.5. The molecule has 0 aliphatic carbocycles. The van der Waals surface area contributed by atoms with Crippen molar-refractivity contribution in [3.8, 4) is 11.5 Å². The first-order valence-electron chi connectivity index (χ1n) is 10.7. The maximum absolute atomic E-state index is 13.2. The van der Waals surface area contributed by atoms with E-state index in [0.717, 1.165) is 23.9 Å². The minimum atomic E-state index is -0.526. The molecule has 172 valence electrons. The van der Waals surface area contributed by atoms with Crippen LogP contribution in [0.5, 0.6) is 11.5 Å². The first kappa shape index (κ1) is 22.3. The molecule has 33 heavy (non-hydrogen) atoms. The van der Waals surface area contributed by atoms with Crippen molar-refractivity contribution in [2.24, 2.45) is 0 Å². The molecule has 3 aromatic rings. The summed E-state index contributed by atoms with van der Waals surface area (Å²) in [4.78, 5) is 40.5. The first-order chi connectivity index (χ1) is 16.0. The highest BCUT2D eigenvalue weighted by Gasteiger charge is 2.24. The van der Waals surface area contributed by atoms with Crippen molar-refractivity contribution >= 4 is 28.4 Å². The second-order valence-corrected chi connectivity index (χ2v) is 7.72. The highest BCUT2D eigenvalue weighted by atomic mass is 16.5. The van der Waals surface area contributed by atoms with E-state index < -0.39 is 11.5 Å². The number of hydrogen-bond acceptors (Lipinski definition) is 7. The lowest BCUT2D eigenvalue weighted by Crippen LogP contribution is -2.36. The fourth-order valence-corrected chi connectivity index (χ4v) is 3.88. The molecular weight excluding hydrogens is 426 g/mol. The van der Waals surface area contributed by atoms with Gasteiger partial charge in [0.05, 0.1) is 30.9 Å². The van der Waals surface area contributed by atoms with E-state index in [2.05, 4.69) is 15.6 Å². The summed E-state index contributed by atoms with van der Waals surface area (Å²) in [5.74, 6) is 0.0216. The molecule has 1 aliphatic heterocycles. The maximum atomic E-state index is 13.2. The Morgan fingerprint density at radius 3 is 2.45 bits per heavy atom. The Bertz CT molecular complexity index is 1250. The second-order valence-electron chi connectivity index (χ2n) is 7.72. The third-order valence-electron chi connectivity index (χ3n) is 5.59. The Morgan fingerprint density at radius 2 is 1.73 bits per heavy atom. The van der Waals surface area contributed by atoms with Gasteiger partial charge in [0.25, 0.3) is 11.5 Å². The summed E-state index contributed by atoms with van der Waals surface area (Å²) in [6, 6.07) is 9.89. The van der Waals surface area contributed by atoms with Crippen LogP contribution in [0.25, 0.3) is 10.9 Å². The monoisotopic (exact) mass is 451 g/mol. The van der Waals surface area contributed by atoms with Gasteiger partial charge >= 0.3 is 0 Å². The molecule has 1 aliphatic rings. The molecule has 4 rings (SSSR count). The molecule has 0 spiro atoms. The van der Waals surface area contributed by atoms with E-state index in [-0.39, 0.29) is 18.1 Å². The Hall–Kier alpha value is -3.95. The molecule has 2 heterocycles. The summed E-state index contributed by atoms with van der Waals surface area (Å²) in [7, 11) is 2.95. The summed E-state index contributed by atoms with van der Waals surface area (Å²) >= 11 is 0. The standard InChI is InChI=1S/C23H25N5O5/c1-32-19-12-16(22(30)27-10-6-3-7-11-27)18(13-20(19)33-2)24-21(29)14-28-23(31)15-8-4-5-9-17(15)25-26-28/h4-5,8-9,12-13H,3,6-7,10-11,14H2,1-2H3,(H,24,29). The molecule has 0 unspecified atom stereocenters. The number of piperidine rings is 1. The van der Waals surface area contributed by atoms with Gasteiger partial charge in [-0.15, -0.1) is 5.10 Å². The van der Waals surface area contributed by atoms with Crippen molar-refractivity contribution in [3.05, 3.63) is 52.3 Å². The number of hydrogen-bond donors (Lipinski definition) is 1. The fourth-order valence-electron chi connectivity index (χ4n) is 3.88. The van der Waals surface area contributed by atoms with Gasteiger partial charge in [-0.2, -0.15) is 0 Å². The highest BCUT2D eigenvalue weighted by molar-refractivity contribution is 6.04. The summed E-state index contributed by atoms with van der Waals surface area (Å²) < 4.78 is 11.7. The Balaban J connectivity index is 1.63. The molecule has 0 saturated carbocycles. The maximum Gasteiger partial charge on any atom is 0.278 e. The fraction of sp³-hybridized carbons (Fsp3) is 0.348. The summed E-state index contributed by atoms with van der Waals surface area (Å²) in [5, 5.41) is 10.9. The van der Waals surface area contributed by atoms with Gasteiger partial charge in [0.15, 0.2) is 11.5 Å². The first-order valence-corrected chi connectivity index (χ1v) is 10.7.